The van der Waals surface area contributed by atoms with Crippen LogP contribution in [0.15, 0.2) is 36.4 Å². The van der Waals surface area contributed by atoms with Crippen LogP contribution in [0.4, 0.5) is 5.69 Å². The fourth-order valence-electron chi connectivity index (χ4n) is 3.43. The van der Waals surface area contributed by atoms with Crippen molar-refractivity contribution in [2.24, 2.45) is 5.92 Å². The van der Waals surface area contributed by atoms with Gasteiger partial charge in [-0.1, -0.05) is 41.4 Å². The maximum atomic E-state index is 12.8. The van der Waals surface area contributed by atoms with Gasteiger partial charge in [0.25, 0.3) is 0 Å². The Morgan fingerprint density at radius 2 is 2.04 bits per heavy atom. The molecule has 5 heteroatoms. The molecule has 0 aromatic heterocycles. The largest absolute Gasteiger partial charge is 0.326 e. The third kappa shape index (κ3) is 4.59. The average molecular weight is 391 g/mol. The number of carbonyl (C=O) groups is 1. The topological polar surface area (TPSA) is 32.3 Å². The second-order valence-electron chi connectivity index (χ2n) is 7.05. The Morgan fingerprint density at radius 1 is 1.23 bits per heavy atom. The molecule has 1 aliphatic heterocycles. The van der Waals surface area contributed by atoms with E-state index < -0.39 is 0 Å². The third-order valence-corrected chi connectivity index (χ3v) is 5.73. The third-order valence-electron chi connectivity index (χ3n) is 5.15. The van der Waals surface area contributed by atoms with Gasteiger partial charge in [-0.25, -0.2) is 0 Å². The highest BCUT2D eigenvalue weighted by atomic mass is 35.5. The molecule has 1 fully saturated rings. The van der Waals surface area contributed by atoms with Gasteiger partial charge in [-0.15, -0.1) is 0 Å². The summed E-state index contributed by atoms with van der Waals surface area (Å²) in [6.45, 7) is 6.56. The molecule has 0 saturated carbocycles. The number of anilines is 1. The van der Waals surface area contributed by atoms with Gasteiger partial charge < -0.3 is 5.32 Å². The zero-order valence-corrected chi connectivity index (χ0v) is 16.7. The molecule has 0 radical (unpaired) electrons. The molecule has 0 unspecified atom stereocenters. The molecule has 1 N–H and O–H groups in total. The summed E-state index contributed by atoms with van der Waals surface area (Å²) in [5, 5.41) is 4.44. The van der Waals surface area contributed by atoms with Crippen molar-refractivity contribution in [1.29, 1.82) is 0 Å². The maximum absolute atomic E-state index is 12.8. The lowest BCUT2D eigenvalue weighted by Crippen LogP contribution is -2.40. The van der Waals surface area contributed by atoms with Crippen molar-refractivity contribution >= 4 is 34.8 Å². The number of hydrogen-bond donors (Lipinski definition) is 1. The molecule has 0 bridgehead atoms. The fourth-order valence-corrected chi connectivity index (χ4v) is 3.89. The number of rotatable bonds is 4. The summed E-state index contributed by atoms with van der Waals surface area (Å²) in [6, 6.07) is 11.6. The Balaban J connectivity index is 1.64. The van der Waals surface area contributed by atoms with Crippen LogP contribution in [0.2, 0.25) is 10.0 Å². The van der Waals surface area contributed by atoms with Crippen LogP contribution < -0.4 is 5.32 Å². The van der Waals surface area contributed by atoms with Crippen molar-refractivity contribution in [1.82, 2.24) is 4.90 Å². The number of aryl methyl sites for hydroxylation is 1. The molecule has 1 heterocycles. The van der Waals surface area contributed by atoms with Gasteiger partial charge >= 0.3 is 0 Å². The minimum Gasteiger partial charge on any atom is -0.326 e. The number of halogens is 2. The number of nitrogens with one attached hydrogen (secondary N) is 1. The van der Waals surface area contributed by atoms with Gasteiger partial charge in [0.1, 0.15) is 0 Å². The lowest BCUT2D eigenvalue weighted by atomic mass is 9.96. The van der Waals surface area contributed by atoms with Crippen molar-refractivity contribution in [2.75, 3.05) is 18.4 Å². The first-order chi connectivity index (χ1) is 12.4. The molecule has 1 amide bonds. The number of benzene rings is 2. The molecule has 3 nitrogen and oxygen atoms in total. The van der Waals surface area contributed by atoms with E-state index in [0.717, 1.165) is 49.3 Å². The van der Waals surface area contributed by atoms with E-state index in [1.54, 1.807) is 6.07 Å². The molecule has 2 aromatic rings. The minimum atomic E-state index is -0.00487. The molecule has 1 aliphatic rings. The van der Waals surface area contributed by atoms with E-state index in [1.165, 1.54) is 5.56 Å². The highest BCUT2D eigenvalue weighted by molar-refractivity contribution is 6.35. The summed E-state index contributed by atoms with van der Waals surface area (Å²) in [7, 11) is 0. The van der Waals surface area contributed by atoms with E-state index >= 15 is 0 Å². The average Bonchev–Trinajstić information content (AvgIpc) is 2.61. The molecule has 1 atom stereocenters. The highest BCUT2D eigenvalue weighted by Gasteiger charge is 2.26. The molecule has 2 aromatic carbocycles. The zero-order valence-electron chi connectivity index (χ0n) is 15.2. The Morgan fingerprint density at radius 3 is 2.81 bits per heavy atom. The number of amides is 1. The van der Waals surface area contributed by atoms with E-state index in [1.807, 2.05) is 31.2 Å². The van der Waals surface area contributed by atoms with E-state index in [9.17, 15) is 4.79 Å². The number of piperidine rings is 1. The SMILES string of the molecule is Cc1cccc(NC(=O)[C@@H]2CCCN(Cc3ccc(Cl)cc3Cl)C2)c1C. The predicted octanol–water partition coefficient (Wildman–Crippen LogP) is 5.46. The molecule has 0 spiro atoms. The molecule has 0 aliphatic carbocycles. The number of likely N-dealkylation sites (tertiary alicyclic amines) is 1. The fraction of sp³-hybridized carbons (Fsp3) is 0.381. The lowest BCUT2D eigenvalue weighted by Gasteiger charge is -2.32. The van der Waals surface area contributed by atoms with Crippen LogP contribution in [0.1, 0.15) is 29.5 Å². The zero-order chi connectivity index (χ0) is 18.7. The van der Waals surface area contributed by atoms with Crippen molar-refractivity contribution in [3.63, 3.8) is 0 Å². The van der Waals surface area contributed by atoms with E-state index in [-0.39, 0.29) is 11.8 Å². The predicted molar refractivity (Wildman–Crippen MR) is 109 cm³/mol. The quantitative estimate of drug-likeness (QED) is 0.751. The van der Waals surface area contributed by atoms with Crippen molar-refractivity contribution < 1.29 is 4.79 Å². The minimum absolute atomic E-state index is 0.00487. The van der Waals surface area contributed by atoms with Crippen LogP contribution in [0.25, 0.3) is 0 Å². The van der Waals surface area contributed by atoms with E-state index in [2.05, 4.69) is 23.2 Å². The molecule has 138 valence electrons. The summed E-state index contributed by atoms with van der Waals surface area (Å²) >= 11 is 12.3. The van der Waals surface area contributed by atoms with Gasteiger partial charge in [0.15, 0.2) is 0 Å². The van der Waals surface area contributed by atoms with Gasteiger partial charge in [0, 0.05) is 28.8 Å². The van der Waals surface area contributed by atoms with Crippen LogP contribution in [-0.2, 0) is 11.3 Å². The first-order valence-corrected chi connectivity index (χ1v) is 9.73. The summed E-state index contributed by atoms with van der Waals surface area (Å²) in [4.78, 5) is 15.1. The summed E-state index contributed by atoms with van der Waals surface area (Å²) in [5.41, 5.74) is 4.27. The summed E-state index contributed by atoms with van der Waals surface area (Å²) in [5.74, 6) is 0.0975. The Hall–Kier alpha value is -1.55. The molecule has 26 heavy (non-hydrogen) atoms. The summed E-state index contributed by atoms with van der Waals surface area (Å²) < 4.78 is 0. The van der Waals surface area contributed by atoms with Crippen LogP contribution in [0.3, 0.4) is 0 Å². The molecular weight excluding hydrogens is 367 g/mol. The van der Waals surface area contributed by atoms with Gasteiger partial charge in [-0.2, -0.15) is 0 Å². The van der Waals surface area contributed by atoms with Crippen LogP contribution >= 0.6 is 23.2 Å². The molecule has 3 rings (SSSR count). The normalized spacial score (nSPS) is 17.9. The van der Waals surface area contributed by atoms with Gasteiger partial charge in [-0.05, 0) is 68.1 Å². The maximum Gasteiger partial charge on any atom is 0.228 e. The second kappa shape index (κ2) is 8.43. The smallest absolute Gasteiger partial charge is 0.228 e. The monoisotopic (exact) mass is 390 g/mol. The number of nitrogens with zero attached hydrogens (tertiary/aromatic N) is 1. The Kier molecular flexibility index (Phi) is 6.23. The Bertz CT molecular complexity index is 807. The first-order valence-electron chi connectivity index (χ1n) is 8.97. The van der Waals surface area contributed by atoms with Gasteiger partial charge in [-0.3, -0.25) is 9.69 Å². The number of hydrogen-bond acceptors (Lipinski definition) is 2. The van der Waals surface area contributed by atoms with Gasteiger partial charge in [0.05, 0.1) is 5.92 Å². The van der Waals surface area contributed by atoms with Gasteiger partial charge in [0.2, 0.25) is 5.91 Å². The van der Waals surface area contributed by atoms with Crippen molar-refractivity contribution in [3.8, 4) is 0 Å². The van der Waals surface area contributed by atoms with Crippen LogP contribution in [0.5, 0.6) is 0 Å². The second-order valence-corrected chi connectivity index (χ2v) is 7.89. The first kappa shape index (κ1) is 19.2. The Labute approximate surface area is 165 Å². The van der Waals surface area contributed by atoms with Crippen molar-refractivity contribution in [3.05, 3.63) is 63.1 Å². The van der Waals surface area contributed by atoms with Crippen molar-refractivity contribution in [2.45, 2.75) is 33.2 Å². The standard InChI is InChI=1S/C21H24Cl2N2O/c1-14-5-3-7-20(15(14)2)24-21(26)17-6-4-10-25(13-17)12-16-8-9-18(22)11-19(16)23/h3,5,7-9,11,17H,4,6,10,12-13H2,1-2H3,(H,24,26)/t17-/m1/s1. The molecule has 1 saturated heterocycles. The van der Waals surface area contributed by atoms with Crippen LogP contribution in [0, 0.1) is 19.8 Å². The summed E-state index contributed by atoms with van der Waals surface area (Å²) in [6.07, 6.45) is 1.93. The highest BCUT2D eigenvalue weighted by Crippen LogP contribution is 2.26. The lowest BCUT2D eigenvalue weighted by molar-refractivity contribution is -0.121. The van der Waals surface area contributed by atoms with Crippen LogP contribution in [-0.4, -0.2) is 23.9 Å². The van der Waals surface area contributed by atoms with E-state index in [0.29, 0.717) is 10.0 Å². The van der Waals surface area contributed by atoms with E-state index in [4.69, 9.17) is 23.2 Å². The molecular formula is C21H24Cl2N2O. The number of carbonyl (C=O) groups excluding carboxylic acids is 1.